The number of amides is 1. The minimum atomic E-state index is -0.0624. The maximum absolute atomic E-state index is 12.0. The molecule has 0 aliphatic rings. The van der Waals surface area contributed by atoms with E-state index >= 15 is 0 Å². The van der Waals surface area contributed by atoms with Crippen molar-refractivity contribution in [1.82, 2.24) is 15.2 Å². The quantitative estimate of drug-likeness (QED) is 0.759. The second-order valence-corrected chi connectivity index (χ2v) is 5.47. The van der Waals surface area contributed by atoms with Crippen molar-refractivity contribution in [1.29, 1.82) is 0 Å². The van der Waals surface area contributed by atoms with Gasteiger partial charge in [-0.2, -0.15) is 5.10 Å². The number of nitrogens with one attached hydrogen (secondary N) is 2. The van der Waals surface area contributed by atoms with E-state index in [1.807, 2.05) is 18.2 Å². The highest BCUT2D eigenvalue weighted by molar-refractivity contribution is 7.09. The maximum atomic E-state index is 12.0. The van der Waals surface area contributed by atoms with Gasteiger partial charge < -0.3 is 10.1 Å². The molecule has 0 saturated carbocycles. The van der Waals surface area contributed by atoms with Crippen molar-refractivity contribution >= 4 is 34.0 Å². The predicted octanol–water partition coefficient (Wildman–Crippen LogP) is 2.60. The average molecular weight is 302 g/mol. The summed E-state index contributed by atoms with van der Waals surface area (Å²) in [5.74, 6) is 1.23. The van der Waals surface area contributed by atoms with Gasteiger partial charge in [-0.05, 0) is 18.6 Å². The number of H-pyrrole nitrogens is 1. The normalized spacial score (nSPS) is 10.7. The van der Waals surface area contributed by atoms with Crippen LogP contribution in [0.2, 0.25) is 0 Å². The number of fused-ring (bicyclic) bond motifs is 1. The van der Waals surface area contributed by atoms with E-state index in [1.165, 1.54) is 0 Å². The number of anilines is 1. The van der Waals surface area contributed by atoms with Crippen LogP contribution in [0, 0.1) is 0 Å². The second-order valence-electron chi connectivity index (χ2n) is 4.50. The monoisotopic (exact) mass is 302 g/mol. The summed E-state index contributed by atoms with van der Waals surface area (Å²) < 4.78 is 5.15. The molecule has 0 aliphatic carbocycles. The van der Waals surface area contributed by atoms with Crippen LogP contribution in [0.15, 0.2) is 29.9 Å². The fourth-order valence-electron chi connectivity index (χ4n) is 2.02. The molecular formula is C14H14N4O2S. The summed E-state index contributed by atoms with van der Waals surface area (Å²) in [6, 6.07) is 5.55. The SMILES string of the molecule is COc1ccc2c(NC(=O)CCc3cncs3)n[nH]c2c1. The Morgan fingerprint density at radius 1 is 1.48 bits per heavy atom. The van der Waals surface area contributed by atoms with E-state index in [0.717, 1.165) is 21.5 Å². The third-order valence-electron chi connectivity index (χ3n) is 3.11. The highest BCUT2D eigenvalue weighted by Gasteiger charge is 2.10. The zero-order valence-corrected chi connectivity index (χ0v) is 12.2. The molecule has 21 heavy (non-hydrogen) atoms. The van der Waals surface area contributed by atoms with Crippen LogP contribution in [0.3, 0.4) is 0 Å². The van der Waals surface area contributed by atoms with Gasteiger partial charge in [0, 0.05) is 28.9 Å². The number of benzene rings is 1. The van der Waals surface area contributed by atoms with Crippen molar-refractivity contribution in [2.45, 2.75) is 12.8 Å². The maximum Gasteiger partial charge on any atom is 0.225 e. The number of aromatic nitrogens is 3. The van der Waals surface area contributed by atoms with Crippen molar-refractivity contribution in [2.24, 2.45) is 0 Å². The minimum absolute atomic E-state index is 0.0624. The molecule has 1 aromatic carbocycles. The van der Waals surface area contributed by atoms with Crippen LogP contribution in [0.1, 0.15) is 11.3 Å². The van der Waals surface area contributed by atoms with E-state index in [0.29, 0.717) is 18.7 Å². The first-order valence-electron chi connectivity index (χ1n) is 6.45. The third kappa shape index (κ3) is 3.03. The molecule has 2 aromatic heterocycles. The molecule has 0 atom stereocenters. The van der Waals surface area contributed by atoms with Gasteiger partial charge in [0.1, 0.15) is 5.75 Å². The van der Waals surface area contributed by atoms with Crippen LogP contribution in [0.5, 0.6) is 5.75 Å². The van der Waals surface area contributed by atoms with Gasteiger partial charge in [-0.15, -0.1) is 11.3 Å². The van der Waals surface area contributed by atoms with Crippen LogP contribution in [-0.2, 0) is 11.2 Å². The van der Waals surface area contributed by atoms with E-state index < -0.39 is 0 Å². The summed E-state index contributed by atoms with van der Waals surface area (Å²) in [5.41, 5.74) is 2.59. The fraction of sp³-hybridized carbons (Fsp3) is 0.214. The number of thiazole rings is 1. The summed E-state index contributed by atoms with van der Waals surface area (Å²) in [5, 5.41) is 10.7. The number of ether oxygens (including phenoxy) is 1. The van der Waals surface area contributed by atoms with E-state index in [1.54, 1.807) is 30.2 Å². The zero-order chi connectivity index (χ0) is 14.7. The molecule has 0 bridgehead atoms. The van der Waals surface area contributed by atoms with Gasteiger partial charge in [-0.1, -0.05) is 0 Å². The number of methoxy groups -OCH3 is 1. The van der Waals surface area contributed by atoms with Gasteiger partial charge in [-0.3, -0.25) is 14.9 Å². The molecule has 0 aliphatic heterocycles. The lowest BCUT2D eigenvalue weighted by atomic mass is 10.2. The van der Waals surface area contributed by atoms with Crippen LogP contribution in [0.25, 0.3) is 10.9 Å². The van der Waals surface area contributed by atoms with Gasteiger partial charge in [0.05, 0.1) is 18.1 Å². The van der Waals surface area contributed by atoms with Gasteiger partial charge in [-0.25, -0.2) is 0 Å². The van der Waals surface area contributed by atoms with Crippen LogP contribution >= 0.6 is 11.3 Å². The Labute approximate surface area is 125 Å². The summed E-state index contributed by atoms with van der Waals surface area (Å²) in [7, 11) is 1.61. The molecule has 0 radical (unpaired) electrons. The Kier molecular flexibility index (Phi) is 3.83. The number of aryl methyl sites for hydroxylation is 1. The van der Waals surface area contributed by atoms with Gasteiger partial charge in [0.2, 0.25) is 5.91 Å². The van der Waals surface area contributed by atoms with Crippen LogP contribution in [0.4, 0.5) is 5.82 Å². The number of hydrogen-bond donors (Lipinski definition) is 2. The number of nitrogens with zero attached hydrogens (tertiary/aromatic N) is 2. The zero-order valence-electron chi connectivity index (χ0n) is 11.4. The minimum Gasteiger partial charge on any atom is -0.497 e. The molecule has 0 unspecified atom stereocenters. The van der Waals surface area contributed by atoms with Crippen molar-refractivity contribution in [3.8, 4) is 5.75 Å². The molecule has 0 saturated heterocycles. The first-order chi connectivity index (χ1) is 10.3. The van der Waals surface area contributed by atoms with E-state index in [2.05, 4.69) is 20.5 Å². The van der Waals surface area contributed by atoms with Crippen molar-refractivity contribution in [2.75, 3.05) is 12.4 Å². The van der Waals surface area contributed by atoms with Crippen LogP contribution in [-0.4, -0.2) is 28.2 Å². The van der Waals surface area contributed by atoms with E-state index in [9.17, 15) is 4.79 Å². The van der Waals surface area contributed by atoms with E-state index in [-0.39, 0.29) is 5.91 Å². The summed E-state index contributed by atoms with van der Waals surface area (Å²) in [4.78, 5) is 17.1. The lowest BCUT2D eigenvalue weighted by molar-refractivity contribution is -0.116. The summed E-state index contributed by atoms with van der Waals surface area (Å²) in [6.07, 6.45) is 2.88. The van der Waals surface area contributed by atoms with Gasteiger partial charge in [0.25, 0.3) is 0 Å². The molecule has 0 fully saturated rings. The Bertz CT molecular complexity index is 752. The second kappa shape index (κ2) is 5.92. The topological polar surface area (TPSA) is 79.9 Å². The Morgan fingerprint density at radius 3 is 3.14 bits per heavy atom. The van der Waals surface area contributed by atoms with E-state index in [4.69, 9.17) is 4.74 Å². The molecule has 7 heteroatoms. The number of carbonyl (C=O) groups is 1. The number of carbonyl (C=O) groups excluding carboxylic acids is 1. The molecule has 108 valence electrons. The molecule has 3 rings (SSSR count). The molecule has 1 amide bonds. The Hall–Kier alpha value is -2.41. The van der Waals surface area contributed by atoms with Gasteiger partial charge in [0.15, 0.2) is 5.82 Å². The van der Waals surface area contributed by atoms with Crippen molar-refractivity contribution in [3.05, 3.63) is 34.8 Å². The molecule has 3 aromatic rings. The molecule has 0 spiro atoms. The third-order valence-corrected chi connectivity index (χ3v) is 3.95. The Morgan fingerprint density at radius 2 is 2.38 bits per heavy atom. The van der Waals surface area contributed by atoms with Crippen LogP contribution < -0.4 is 10.1 Å². The van der Waals surface area contributed by atoms with Gasteiger partial charge >= 0.3 is 0 Å². The highest BCUT2D eigenvalue weighted by Crippen LogP contribution is 2.24. The number of hydrogen-bond acceptors (Lipinski definition) is 5. The first-order valence-corrected chi connectivity index (χ1v) is 7.33. The van der Waals surface area contributed by atoms with Crippen molar-refractivity contribution in [3.63, 3.8) is 0 Å². The smallest absolute Gasteiger partial charge is 0.225 e. The number of aromatic amines is 1. The average Bonchev–Trinajstić information content (AvgIpc) is 3.14. The molecule has 2 N–H and O–H groups in total. The first kappa shape index (κ1) is 13.6. The summed E-state index contributed by atoms with van der Waals surface area (Å²) >= 11 is 1.55. The largest absolute Gasteiger partial charge is 0.497 e. The number of rotatable bonds is 5. The molecule has 6 nitrogen and oxygen atoms in total. The lowest BCUT2D eigenvalue weighted by Crippen LogP contribution is -2.12. The summed E-state index contributed by atoms with van der Waals surface area (Å²) in [6.45, 7) is 0. The lowest BCUT2D eigenvalue weighted by Gasteiger charge is -2.02. The Balaban J connectivity index is 1.68. The van der Waals surface area contributed by atoms with Crippen molar-refractivity contribution < 1.29 is 9.53 Å². The molecular weight excluding hydrogens is 288 g/mol. The predicted molar refractivity (Wildman–Crippen MR) is 81.7 cm³/mol. The standard InChI is InChI=1S/C14H14N4O2S/c1-20-9-2-4-11-12(6-9)17-18-14(11)16-13(19)5-3-10-7-15-8-21-10/h2,4,6-8H,3,5H2,1H3,(H2,16,17,18,19). The highest BCUT2D eigenvalue weighted by atomic mass is 32.1. The fourth-order valence-corrected chi connectivity index (χ4v) is 2.62. The molecule has 2 heterocycles.